The molecular weight excluding hydrogens is 407 g/mol. The van der Waals surface area contributed by atoms with Gasteiger partial charge in [0.2, 0.25) is 0 Å². The lowest BCUT2D eigenvalue weighted by Crippen LogP contribution is -2.35. The van der Waals surface area contributed by atoms with Crippen molar-refractivity contribution in [3.05, 3.63) is 42.0 Å². The first-order valence-corrected chi connectivity index (χ1v) is 11.0. The fourth-order valence-corrected chi connectivity index (χ4v) is 4.79. The number of carboxylic acid groups (broad SMARTS) is 1. The Morgan fingerprint density at radius 2 is 1.74 bits per heavy atom. The van der Waals surface area contributed by atoms with E-state index in [-0.39, 0.29) is 24.9 Å². The summed E-state index contributed by atoms with van der Waals surface area (Å²) in [6, 6.07) is 12.0. The van der Waals surface area contributed by atoms with Crippen molar-refractivity contribution in [3.8, 4) is 5.75 Å². The highest BCUT2D eigenvalue weighted by molar-refractivity contribution is 5.88. The van der Waals surface area contributed by atoms with Crippen LogP contribution in [-0.2, 0) is 11.3 Å². The van der Waals surface area contributed by atoms with E-state index in [1.54, 1.807) is 0 Å². The molecule has 4 nitrogen and oxygen atoms in total. The van der Waals surface area contributed by atoms with Crippen molar-refractivity contribution in [2.75, 3.05) is 13.1 Å². The van der Waals surface area contributed by atoms with Gasteiger partial charge in [-0.15, -0.1) is 0 Å². The van der Waals surface area contributed by atoms with Gasteiger partial charge in [0.05, 0.1) is 17.9 Å². The van der Waals surface area contributed by atoms with Crippen LogP contribution in [0.1, 0.15) is 44.1 Å². The van der Waals surface area contributed by atoms with E-state index in [1.807, 2.05) is 24.3 Å². The molecule has 0 spiro atoms. The molecular formula is C24H28F3NO3. The molecule has 0 unspecified atom stereocenters. The van der Waals surface area contributed by atoms with Gasteiger partial charge in [0.1, 0.15) is 5.75 Å². The smallest absolute Gasteiger partial charge is 0.391 e. The Hall–Kier alpha value is -2.28. The number of aliphatic carboxylic acids is 1. The van der Waals surface area contributed by atoms with Crippen LogP contribution >= 0.6 is 0 Å². The summed E-state index contributed by atoms with van der Waals surface area (Å²) in [5, 5.41) is 11.2. The highest BCUT2D eigenvalue weighted by atomic mass is 19.4. The summed E-state index contributed by atoms with van der Waals surface area (Å²) in [5.74, 6) is -1.42. The van der Waals surface area contributed by atoms with Crippen LogP contribution in [0.25, 0.3) is 10.8 Å². The van der Waals surface area contributed by atoms with Crippen LogP contribution in [0.15, 0.2) is 36.4 Å². The fourth-order valence-electron chi connectivity index (χ4n) is 4.79. The Balaban J connectivity index is 1.39. The minimum absolute atomic E-state index is 0.127. The van der Waals surface area contributed by atoms with Crippen LogP contribution in [0.4, 0.5) is 13.2 Å². The van der Waals surface area contributed by atoms with Crippen molar-refractivity contribution in [1.82, 2.24) is 4.90 Å². The molecule has 31 heavy (non-hydrogen) atoms. The Labute approximate surface area is 180 Å². The normalized spacial score (nSPS) is 23.7. The third-order valence-corrected chi connectivity index (χ3v) is 6.68. The van der Waals surface area contributed by atoms with Gasteiger partial charge >= 0.3 is 12.1 Å². The second-order valence-electron chi connectivity index (χ2n) is 8.83. The summed E-state index contributed by atoms with van der Waals surface area (Å²) < 4.78 is 44.8. The molecule has 0 aromatic heterocycles. The topological polar surface area (TPSA) is 49.8 Å². The molecule has 0 amide bonds. The molecule has 1 saturated heterocycles. The van der Waals surface area contributed by atoms with Gasteiger partial charge < -0.3 is 9.84 Å². The van der Waals surface area contributed by atoms with Crippen LogP contribution < -0.4 is 4.74 Å². The van der Waals surface area contributed by atoms with Crippen LogP contribution in [0, 0.1) is 11.8 Å². The number of carboxylic acids is 1. The van der Waals surface area contributed by atoms with Crippen molar-refractivity contribution >= 4 is 16.7 Å². The van der Waals surface area contributed by atoms with Crippen LogP contribution in [0.2, 0.25) is 0 Å². The molecule has 0 bridgehead atoms. The van der Waals surface area contributed by atoms with Gasteiger partial charge in [-0.3, -0.25) is 9.69 Å². The maximum atomic E-state index is 12.9. The number of hydrogen-bond donors (Lipinski definition) is 1. The standard InChI is InChI=1S/C24H28F3NO3/c25-24(26,27)19-5-7-20(8-6-19)31-22-3-1-2-18-14-16(4-9-21(18)22)15-28-12-10-17(11-13-28)23(29)30/h1-4,9,14,17,19-20H,5-8,10-13,15H2,(H,29,30)/t19-,20+. The van der Waals surface area contributed by atoms with Crippen molar-refractivity contribution in [2.24, 2.45) is 11.8 Å². The first-order valence-electron chi connectivity index (χ1n) is 11.0. The largest absolute Gasteiger partial charge is 0.490 e. The van der Waals surface area contributed by atoms with Gasteiger partial charge in [0, 0.05) is 11.9 Å². The average molecular weight is 435 g/mol. The molecule has 2 aromatic rings. The number of piperidine rings is 1. The molecule has 1 aliphatic heterocycles. The van der Waals surface area contributed by atoms with Gasteiger partial charge in [-0.05, 0) is 74.7 Å². The first kappa shape index (κ1) is 21.9. The third kappa shape index (κ3) is 5.32. The molecule has 0 radical (unpaired) electrons. The summed E-state index contributed by atoms with van der Waals surface area (Å²) in [5.41, 5.74) is 1.16. The number of benzene rings is 2. The number of likely N-dealkylation sites (tertiary alicyclic amines) is 1. The van der Waals surface area contributed by atoms with E-state index in [0.29, 0.717) is 25.7 Å². The highest BCUT2D eigenvalue weighted by Crippen LogP contribution is 2.39. The maximum Gasteiger partial charge on any atom is 0.391 e. The third-order valence-electron chi connectivity index (χ3n) is 6.68. The molecule has 1 aliphatic carbocycles. The van der Waals surface area contributed by atoms with E-state index < -0.39 is 18.1 Å². The number of hydrogen-bond acceptors (Lipinski definition) is 3. The zero-order valence-corrected chi connectivity index (χ0v) is 17.4. The van der Waals surface area contributed by atoms with Crippen LogP contribution in [0.3, 0.4) is 0 Å². The van der Waals surface area contributed by atoms with E-state index >= 15 is 0 Å². The zero-order chi connectivity index (χ0) is 22.0. The molecule has 7 heteroatoms. The van der Waals surface area contributed by atoms with E-state index in [2.05, 4.69) is 17.0 Å². The molecule has 1 heterocycles. The van der Waals surface area contributed by atoms with Crippen molar-refractivity contribution in [2.45, 2.75) is 57.3 Å². The van der Waals surface area contributed by atoms with Crippen molar-refractivity contribution in [1.29, 1.82) is 0 Å². The Morgan fingerprint density at radius 3 is 2.39 bits per heavy atom. The molecule has 2 aromatic carbocycles. The molecule has 0 atom stereocenters. The number of halogens is 3. The van der Waals surface area contributed by atoms with Crippen molar-refractivity contribution in [3.63, 3.8) is 0 Å². The number of carbonyl (C=O) groups is 1. The SMILES string of the molecule is O=C(O)C1CCN(Cc2ccc3c(O[C@H]4CC[C@@H](C(F)(F)F)CC4)cccc3c2)CC1. The predicted octanol–water partition coefficient (Wildman–Crippen LogP) is 5.64. The number of ether oxygens (including phenoxy) is 1. The summed E-state index contributed by atoms with van der Waals surface area (Å²) >= 11 is 0. The predicted molar refractivity (Wildman–Crippen MR) is 112 cm³/mol. The fraction of sp³-hybridized carbons (Fsp3) is 0.542. The van der Waals surface area contributed by atoms with E-state index in [0.717, 1.165) is 41.7 Å². The summed E-state index contributed by atoms with van der Waals surface area (Å²) in [6.45, 7) is 2.33. The van der Waals surface area contributed by atoms with Gasteiger partial charge in [-0.1, -0.05) is 24.3 Å². The van der Waals surface area contributed by atoms with Gasteiger partial charge in [-0.2, -0.15) is 13.2 Å². The Bertz CT molecular complexity index is 914. The zero-order valence-electron chi connectivity index (χ0n) is 17.4. The molecule has 2 aliphatic rings. The van der Waals surface area contributed by atoms with E-state index in [1.165, 1.54) is 0 Å². The van der Waals surface area contributed by atoms with E-state index in [4.69, 9.17) is 9.84 Å². The minimum Gasteiger partial charge on any atom is -0.490 e. The number of nitrogens with zero attached hydrogens (tertiary/aromatic N) is 1. The van der Waals surface area contributed by atoms with Gasteiger partial charge in [-0.25, -0.2) is 0 Å². The summed E-state index contributed by atoms with van der Waals surface area (Å²) in [7, 11) is 0. The number of fused-ring (bicyclic) bond motifs is 1. The van der Waals surface area contributed by atoms with E-state index in [9.17, 15) is 18.0 Å². The van der Waals surface area contributed by atoms with Crippen molar-refractivity contribution < 1.29 is 27.8 Å². The first-order chi connectivity index (χ1) is 14.8. The van der Waals surface area contributed by atoms with Crippen LogP contribution in [0.5, 0.6) is 5.75 Å². The lowest BCUT2D eigenvalue weighted by Gasteiger charge is -2.30. The van der Waals surface area contributed by atoms with Gasteiger partial charge in [0.15, 0.2) is 0 Å². The lowest BCUT2D eigenvalue weighted by atomic mass is 9.87. The Kier molecular flexibility index (Phi) is 6.42. The molecule has 4 rings (SSSR count). The maximum absolute atomic E-state index is 12.9. The van der Waals surface area contributed by atoms with Crippen LogP contribution in [-0.4, -0.2) is 41.3 Å². The molecule has 2 fully saturated rings. The average Bonchev–Trinajstić information content (AvgIpc) is 2.74. The minimum atomic E-state index is -4.11. The second kappa shape index (κ2) is 9.07. The van der Waals surface area contributed by atoms with Gasteiger partial charge in [0.25, 0.3) is 0 Å². The quantitative estimate of drug-likeness (QED) is 0.661. The molecule has 1 saturated carbocycles. The lowest BCUT2D eigenvalue weighted by molar-refractivity contribution is -0.185. The molecule has 168 valence electrons. The summed E-state index contributed by atoms with van der Waals surface area (Å²) in [4.78, 5) is 13.4. The monoisotopic (exact) mass is 435 g/mol. The number of rotatable bonds is 5. The number of alkyl halides is 3. The molecule has 1 N–H and O–H groups in total. The second-order valence-corrected chi connectivity index (χ2v) is 8.83. The summed E-state index contributed by atoms with van der Waals surface area (Å²) in [6.07, 6.45) is -1.84. The Morgan fingerprint density at radius 1 is 1.03 bits per heavy atom. The highest BCUT2D eigenvalue weighted by Gasteiger charge is 2.41.